The van der Waals surface area contributed by atoms with Gasteiger partial charge >= 0.3 is 24.5 Å². The Morgan fingerprint density at radius 2 is 1.45 bits per heavy atom. The standard InChI is InChI=1S/C25H26F7N3O3/c1-23(2,3)20-19(13-4-6-16(26)7-5-13)18(8-9-35(20)22(37)38)34-21(36)33-17-11-14(24(27,28)29)10-15(12-17)25(30,31)32/h4-7,10-12,18-20H,8-9H2,1-3H3,(H,37,38)(H2,33,34,36)/t18-,19-,20?/m1/s1. The number of halogens is 7. The van der Waals surface area contributed by atoms with Gasteiger partial charge in [0.25, 0.3) is 0 Å². The molecule has 0 saturated carbocycles. The molecule has 0 radical (unpaired) electrons. The predicted octanol–water partition coefficient (Wildman–Crippen LogP) is 6.94. The quantitative estimate of drug-likeness (QED) is 0.363. The van der Waals surface area contributed by atoms with Crippen molar-refractivity contribution in [3.05, 3.63) is 65.0 Å². The van der Waals surface area contributed by atoms with Crippen LogP contribution in [0.3, 0.4) is 0 Å². The molecule has 0 bridgehead atoms. The Bertz CT molecular complexity index is 1140. The highest BCUT2D eigenvalue weighted by atomic mass is 19.4. The summed E-state index contributed by atoms with van der Waals surface area (Å²) in [5.74, 6) is -1.25. The Hall–Kier alpha value is -3.51. The summed E-state index contributed by atoms with van der Waals surface area (Å²) < 4.78 is 92.8. The van der Waals surface area contributed by atoms with Crippen molar-refractivity contribution in [2.45, 2.75) is 57.5 Å². The van der Waals surface area contributed by atoms with Crippen molar-refractivity contribution in [3.63, 3.8) is 0 Å². The van der Waals surface area contributed by atoms with E-state index in [-0.39, 0.29) is 19.0 Å². The van der Waals surface area contributed by atoms with Crippen molar-refractivity contribution < 1.29 is 45.4 Å². The number of benzene rings is 2. The van der Waals surface area contributed by atoms with Crippen molar-refractivity contribution in [1.29, 1.82) is 0 Å². The summed E-state index contributed by atoms with van der Waals surface area (Å²) in [6.45, 7) is 5.36. The molecule has 1 unspecified atom stereocenters. The van der Waals surface area contributed by atoms with Crippen LogP contribution in [0.15, 0.2) is 42.5 Å². The largest absolute Gasteiger partial charge is 0.465 e. The summed E-state index contributed by atoms with van der Waals surface area (Å²) in [7, 11) is 0. The van der Waals surface area contributed by atoms with E-state index in [2.05, 4.69) is 5.32 Å². The first-order chi connectivity index (χ1) is 17.4. The topological polar surface area (TPSA) is 81.7 Å². The second-order valence-electron chi connectivity index (χ2n) is 10.2. The van der Waals surface area contributed by atoms with Crippen LogP contribution in [0.25, 0.3) is 0 Å². The highest BCUT2D eigenvalue weighted by molar-refractivity contribution is 5.89. The number of anilines is 1. The number of piperidine rings is 1. The van der Waals surface area contributed by atoms with E-state index in [9.17, 15) is 45.4 Å². The average Bonchev–Trinajstić information content (AvgIpc) is 2.77. The molecule has 1 aliphatic heterocycles. The average molecular weight is 549 g/mol. The van der Waals surface area contributed by atoms with Gasteiger partial charge in [0, 0.05) is 30.2 Å². The molecule has 3 amide bonds. The molecule has 1 saturated heterocycles. The van der Waals surface area contributed by atoms with E-state index in [1.54, 1.807) is 20.8 Å². The number of nitrogens with one attached hydrogen (secondary N) is 2. The molecule has 38 heavy (non-hydrogen) atoms. The first kappa shape index (κ1) is 29.1. The van der Waals surface area contributed by atoms with E-state index >= 15 is 0 Å². The first-order valence-corrected chi connectivity index (χ1v) is 11.5. The number of carbonyl (C=O) groups excluding carboxylic acids is 1. The molecular weight excluding hydrogens is 523 g/mol. The highest BCUT2D eigenvalue weighted by Gasteiger charge is 2.47. The Labute approximate surface area is 213 Å². The lowest BCUT2D eigenvalue weighted by Gasteiger charge is -2.50. The Morgan fingerprint density at radius 1 is 0.921 bits per heavy atom. The van der Waals surface area contributed by atoms with Crippen molar-refractivity contribution in [2.24, 2.45) is 5.41 Å². The maximum atomic E-state index is 13.6. The summed E-state index contributed by atoms with van der Waals surface area (Å²) in [5.41, 5.74) is -4.07. The third kappa shape index (κ3) is 6.67. The molecule has 13 heteroatoms. The number of hydrogen-bond donors (Lipinski definition) is 3. The lowest BCUT2D eigenvalue weighted by atomic mass is 9.69. The summed E-state index contributed by atoms with van der Waals surface area (Å²) in [6.07, 6.45) is -11.3. The van der Waals surface area contributed by atoms with E-state index in [0.717, 1.165) is 0 Å². The summed E-state index contributed by atoms with van der Waals surface area (Å²) >= 11 is 0. The summed E-state index contributed by atoms with van der Waals surface area (Å²) in [6, 6.07) is 3.38. The number of carboxylic acid groups (broad SMARTS) is 1. The fourth-order valence-corrected chi connectivity index (χ4v) is 4.86. The molecule has 2 aromatic carbocycles. The fourth-order valence-electron chi connectivity index (χ4n) is 4.86. The first-order valence-electron chi connectivity index (χ1n) is 11.5. The van der Waals surface area contributed by atoms with Crippen LogP contribution in [0.5, 0.6) is 0 Å². The van der Waals surface area contributed by atoms with Gasteiger partial charge in [-0.25, -0.2) is 14.0 Å². The Kier molecular flexibility index (Phi) is 7.90. The predicted molar refractivity (Wildman–Crippen MR) is 124 cm³/mol. The molecule has 1 aliphatic rings. The van der Waals surface area contributed by atoms with Gasteiger partial charge in [0.1, 0.15) is 5.82 Å². The van der Waals surface area contributed by atoms with E-state index in [0.29, 0.717) is 17.7 Å². The molecule has 0 aromatic heterocycles. The fraction of sp³-hybridized carbons (Fsp3) is 0.440. The second-order valence-corrected chi connectivity index (χ2v) is 10.2. The van der Waals surface area contributed by atoms with Crippen LogP contribution in [0.1, 0.15) is 49.8 Å². The minimum atomic E-state index is -5.09. The van der Waals surface area contributed by atoms with E-state index in [4.69, 9.17) is 0 Å². The lowest BCUT2D eigenvalue weighted by molar-refractivity contribution is -0.143. The van der Waals surface area contributed by atoms with Crippen molar-refractivity contribution in [1.82, 2.24) is 10.2 Å². The zero-order valence-corrected chi connectivity index (χ0v) is 20.5. The van der Waals surface area contributed by atoms with Crippen LogP contribution in [0.4, 0.5) is 46.0 Å². The molecule has 0 aliphatic carbocycles. The third-order valence-corrected chi connectivity index (χ3v) is 6.34. The Morgan fingerprint density at radius 3 is 1.89 bits per heavy atom. The van der Waals surface area contributed by atoms with Crippen LogP contribution in [0.2, 0.25) is 0 Å². The van der Waals surface area contributed by atoms with E-state index < -0.39 is 70.5 Å². The number of rotatable bonds is 3. The van der Waals surface area contributed by atoms with Crippen LogP contribution >= 0.6 is 0 Å². The van der Waals surface area contributed by atoms with Gasteiger partial charge in [-0.1, -0.05) is 32.9 Å². The molecule has 1 heterocycles. The van der Waals surface area contributed by atoms with Gasteiger partial charge < -0.3 is 20.6 Å². The van der Waals surface area contributed by atoms with Crippen LogP contribution in [0, 0.1) is 11.2 Å². The third-order valence-electron chi connectivity index (χ3n) is 6.34. The molecule has 3 atom stereocenters. The van der Waals surface area contributed by atoms with E-state index in [1.165, 1.54) is 29.2 Å². The Balaban J connectivity index is 1.96. The van der Waals surface area contributed by atoms with Crippen LogP contribution in [-0.2, 0) is 12.4 Å². The number of nitrogens with zero attached hydrogens (tertiary/aromatic N) is 1. The van der Waals surface area contributed by atoms with Crippen molar-refractivity contribution in [2.75, 3.05) is 11.9 Å². The van der Waals surface area contributed by atoms with Crippen molar-refractivity contribution in [3.8, 4) is 0 Å². The molecule has 3 rings (SSSR count). The lowest BCUT2D eigenvalue weighted by Crippen LogP contribution is -2.60. The van der Waals surface area contributed by atoms with Gasteiger partial charge in [0.2, 0.25) is 0 Å². The normalized spacial score (nSPS) is 20.7. The smallest absolute Gasteiger partial charge is 0.416 e. The second kappa shape index (κ2) is 10.3. The minimum absolute atomic E-state index is 0.00168. The number of alkyl halides is 6. The zero-order valence-electron chi connectivity index (χ0n) is 20.5. The highest BCUT2D eigenvalue weighted by Crippen LogP contribution is 2.42. The molecule has 0 spiro atoms. The molecule has 2 aromatic rings. The van der Waals surface area contributed by atoms with Gasteiger partial charge in [-0.05, 0) is 47.7 Å². The number of likely N-dealkylation sites (tertiary alicyclic amines) is 1. The van der Waals surface area contributed by atoms with Gasteiger partial charge in [-0.2, -0.15) is 26.3 Å². The zero-order chi connectivity index (χ0) is 28.6. The monoisotopic (exact) mass is 549 g/mol. The molecular formula is C25H26F7N3O3. The SMILES string of the molecule is CC(C)(C)C1[C@H](c2ccc(F)cc2)[C@H](NC(=O)Nc2cc(C(F)(F)F)cc(C(F)(F)F)c2)CCN1C(=O)O. The number of urea groups is 1. The molecule has 3 N–H and O–H groups in total. The van der Waals surface area contributed by atoms with E-state index in [1.807, 2.05) is 5.32 Å². The van der Waals surface area contributed by atoms with Crippen molar-refractivity contribution >= 4 is 17.8 Å². The number of amides is 3. The van der Waals surface area contributed by atoms with Crippen LogP contribution < -0.4 is 10.6 Å². The number of hydrogen-bond acceptors (Lipinski definition) is 2. The van der Waals surface area contributed by atoms with Gasteiger partial charge in [0.15, 0.2) is 0 Å². The maximum absolute atomic E-state index is 13.6. The molecule has 208 valence electrons. The summed E-state index contributed by atoms with van der Waals surface area (Å²) in [5, 5.41) is 14.4. The van der Waals surface area contributed by atoms with Gasteiger partial charge in [-0.3, -0.25) is 0 Å². The molecule has 6 nitrogen and oxygen atoms in total. The van der Waals surface area contributed by atoms with Gasteiger partial charge in [-0.15, -0.1) is 0 Å². The maximum Gasteiger partial charge on any atom is 0.416 e. The van der Waals surface area contributed by atoms with Crippen LogP contribution in [-0.4, -0.2) is 40.8 Å². The van der Waals surface area contributed by atoms with Gasteiger partial charge in [0.05, 0.1) is 11.1 Å². The summed E-state index contributed by atoms with van der Waals surface area (Å²) in [4.78, 5) is 26.1. The minimum Gasteiger partial charge on any atom is -0.465 e. The number of carbonyl (C=O) groups is 2. The molecule has 1 fully saturated rings.